The molecule has 1 atom stereocenters. The number of hydrogen-bond acceptors (Lipinski definition) is 6. The first-order valence-electron chi connectivity index (χ1n) is 12.0. The lowest BCUT2D eigenvalue weighted by Gasteiger charge is -2.39. The number of esters is 1. The summed E-state index contributed by atoms with van der Waals surface area (Å²) < 4.78 is 10.8. The normalized spacial score (nSPS) is 18.3. The van der Waals surface area contributed by atoms with Gasteiger partial charge in [0.15, 0.2) is 6.61 Å². The van der Waals surface area contributed by atoms with Gasteiger partial charge in [-0.05, 0) is 53.9 Å². The molecule has 3 aromatic rings. The van der Waals surface area contributed by atoms with Crippen LogP contribution in [0.4, 0.5) is 0 Å². The highest BCUT2D eigenvalue weighted by atomic mass is 35.5. The van der Waals surface area contributed by atoms with Gasteiger partial charge in [0.05, 0.1) is 0 Å². The molecular formula is C28H29ClN2O3S. The van der Waals surface area contributed by atoms with Gasteiger partial charge in [-0.15, -0.1) is 0 Å². The number of rotatable bonds is 7. The Balaban J connectivity index is 1.13. The van der Waals surface area contributed by atoms with E-state index in [1.807, 2.05) is 48.2 Å². The van der Waals surface area contributed by atoms with Crippen LogP contribution in [0.1, 0.15) is 17.2 Å². The molecule has 0 radical (unpaired) electrons. The minimum Gasteiger partial charge on any atom is -0.482 e. The fourth-order valence-electron chi connectivity index (χ4n) is 4.71. The van der Waals surface area contributed by atoms with Crippen molar-refractivity contribution < 1.29 is 14.3 Å². The number of carbonyl (C=O) groups is 1. The zero-order valence-electron chi connectivity index (χ0n) is 19.6. The molecule has 35 heavy (non-hydrogen) atoms. The lowest BCUT2D eigenvalue weighted by molar-refractivity contribution is -0.146. The summed E-state index contributed by atoms with van der Waals surface area (Å²) in [6.45, 7) is 4.91. The first-order chi connectivity index (χ1) is 17.2. The fraction of sp³-hybridized carbons (Fsp3) is 0.321. The highest BCUT2D eigenvalue weighted by Crippen LogP contribution is 2.43. The molecule has 182 valence electrons. The van der Waals surface area contributed by atoms with Crippen molar-refractivity contribution in [3.63, 3.8) is 0 Å². The lowest BCUT2D eigenvalue weighted by Crippen LogP contribution is -2.48. The molecule has 1 fully saturated rings. The summed E-state index contributed by atoms with van der Waals surface area (Å²) in [5, 5.41) is 0.794. The van der Waals surface area contributed by atoms with Gasteiger partial charge in [-0.2, -0.15) is 0 Å². The molecular weight excluding hydrogens is 480 g/mol. The molecule has 0 bridgehead atoms. The van der Waals surface area contributed by atoms with E-state index >= 15 is 0 Å². The number of fused-ring (bicyclic) bond motifs is 2. The van der Waals surface area contributed by atoms with E-state index in [4.69, 9.17) is 21.1 Å². The van der Waals surface area contributed by atoms with Crippen molar-refractivity contribution in [2.75, 3.05) is 45.9 Å². The standard InChI is InChI=1S/C28H29ClN2O3S/c29-22-10-11-26-21(18-22)19-25(24-8-4-5-9-27(24)35-26)31-14-12-30(13-15-31)16-17-33-28(32)20-34-23-6-2-1-3-7-23/h1-11,18,25H,12-17,19-20H2/t25-/m0/s1. The van der Waals surface area contributed by atoms with Crippen LogP contribution >= 0.6 is 23.4 Å². The SMILES string of the molecule is O=C(COc1ccccc1)OCCN1CCN([C@H]2Cc3cc(Cl)ccc3Sc3ccccc32)CC1. The average Bonchev–Trinajstić information content (AvgIpc) is 3.05. The van der Waals surface area contributed by atoms with Crippen LogP contribution in [-0.4, -0.2) is 61.7 Å². The summed E-state index contributed by atoms with van der Waals surface area (Å²) in [5.41, 5.74) is 2.71. The number of hydrogen-bond donors (Lipinski definition) is 0. The molecule has 7 heteroatoms. The minimum absolute atomic E-state index is 0.0671. The van der Waals surface area contributed by atoms with Crippen molar-refractivity contribution in [1.82, 2.24) is 9.80 Å². The maximum atomic E-state index is 12.0. The van der Waals surface area contributed by atoms with Crippen molar-refractivity contribution in [2.24, 2.45) is 0 Å². The predicted octanol–water partition coefficient (Wildman–Crippen LogP) is 5.33. The van der Waals surface area contributed by atoms with Crippen LogP contribution in [0.3, 0.4) is 0 Å². The van der Waals surface area contributed by atoms with E-state index in [1.54, 1.807) is 0 Å². The van der Waals surface area contributed by atoms with E-state index in [0.29, 0.717) is 18.4 Å². The minimum atomic E-state index is -0.336. The van der Waals surface area contributed by atoms with Gasteiger partial charge < -0.3 is 9.47 Å². The van der Waals surface area contributed by atoms with Crippen molar-refractivity contribution >= 4 is 29.3 Å². The number of ether oxygens (including phenoxy) is 2. The third kappa shape index (κ3) is 6.19. The molecule has 5 rings (SSSR count). The van der Waals surface area contributed by atoms with E-state index in [9.17, 15) is 4.79 Å². The number of benzene rings is 3. The Hall–Kier alpha value is -2.51. The first kappa shape index (κ1) is 24.2. The van der Waals surface area contributed by atoms with Gasteiger partial charge in [0.1, 0.15) is 12.4 Å². The maximum absolute atomic E-state index is 12.0. The summed E-state index contributed by atoms with van der Waals surface area (Å²) in [7, 11) is 0. The molecule has 0 amide bonds. The second-order valence-corrected chi connectivity index (χ2v) is 10.3. The Morgan fingerprint density at radius 1 is 0.943 bits per heavy atom. The number of nitrogens with zero attached hydrogens (tertiary/aromatic N) is 2. The zero-order valence-corrected chi connectivity index (χ0v) is 21.1. The number of halogens is 1. The van der Waals surface area contributed by atoms with Crippen LogP contribution in [0, 0.1) is 0 Å². The van der Waals surface area contributed by atoms with Gasteiger partial charge in [0.25, 0.3) is 0 Å². The van der Waals surface area contributed by atoms with Crippen molar-refractivity contribution in [2.45, 2.75) is 22.3 Å². The molecule has 0 unspecified atom stereocenters. The van der Waals surface area contributed by atoms with E-state index in [2.05, 4.69) is 46.2 Å². The van der Waals surface area contributed by atoms with Gasteiger partial charge in [-0.25, -0.2) is 4.79 Å². The molecule has 5 nitrogen and oxygen atoms in total. The van der Waals surface area contributed by atoms with E-state index in [0.717, 1.165) is 44.2 Å². The summed E-state index contributed by atoms with van der Waals surface area (Å²) in [5.74, 6) is 0.335. The molecule has 2 aliphatic rings. The number of para-hydroxylation sites is 1. The summed E-state index contributed by atoms with van der Waals surface area (Å²) in [6.07, 6.45) is 0.957. The molecule has 2 heterocycles. The Morgan fingerprint density at radius 3 is 2.54 bits per heavy atom. The topological polar surface area (TPSA) is 42.0 Å². The van der Waals surface area contributed by atoms with E-state index < -0.39 is 0 Å². The Kier molecular flexibility index (Phi) is 7.94. The second-order valence-electron chi connectivity index (χ2n) is 8.81. The van der Waals surface area contributed by atoms with Gasteiger partial charge in [-0.1, -0.05) is 59.8 Å². The van der Waals surface area contributed by atoms with Gasteiger partial charge in [0, 0.05) is 53.6 Å². The molecule has 0 N–H and O–H groups in total. The quantitative estimate of drug-likeness (QED) is 0.402. The van der Waals surface area contributed by atoms with Crippen molar-refractivity contribution in [3.8, 4) is 5.75 Å². The Labute approximate surface area is 216 Å². The summed E-state index contributed by atoms with van der Waals surface area (Å²) in [6, 6.07) is 24.6. The van der Waals surface area contributed by atoms with Crippen LogP contribution in [0.15, 0.2) is 82.6 Å². The van der Waals surface area contributed by atoms with Crippen LogP contribution in [0.25, 0.3) is 0 Å². The highest BCUT2D eigenvalue weighted by molar-refractivity contribution is 7.99. The number of carbonyl (C=O) groups excluding carboxylic acids is 1. The molecule has 0 spiro atoms. The first-order valence-corrected chi connectivity index (χ1v) is 13.2. The smallest absolute Gasteiger partial charge is 0.344 e. The van der Waals surface area contributed by atoms with Crippen LogP contribution in [0.5, 0.6) is 5.75 Å². The Morgan fingerprint density at radius 2 is 1.71 bits per heavy atom. The second kappa shape index (κ2) is 11.5. The van der Waals surface area contributed by atoms with Crippen LogP contribution in [0.2, 0.25) is 5.02 Å². The zero-order chi connectivity index (χ0) is 24.0. The highest BCUT2D eigenvalue weighted by Gasteiger charge is 2.30. The van der Waals surface area contributed by atoms with Gasteiger partial charge >= 0.3 is 5.97 Å². The van der Waals surface area contributed by atoms with Gasteiger partial charge in [0.2, 0.25) is 0 Å². The lowest BCUT2D eigenvalue weighted by atomic mass is 9.96. The third-order valence-electron chi connectivity index (χ3n) is 6.55. The van der Waals surface area contributed by atoms with Crippen molar-refractivity contribution in [3.05, 3.63) is 88.9 Å². The molecule has 2 aliphatic heterocycles. The van der Waals surface area contributed by atoms with Gasteiger partial charge in [-0.3, -0.25) is 9.80 Å². The molecule has 0 aliphatic carbocycles. The summed E-state index contributed by atoms with van der Waals surface area (Å²) >= 11 is 8.18. The fourth-order valence-corrected chi connectivity index (χ4v) is 6.02. The van der Waals surface area contributed by atoms with Crippen molar-refractivity contribution in [1.29, 1.82) is 0 Å². The molecule has 0 aromatic heterocycles. The van der Waals surface area contributed by atoms with E-state index in [-0.39, 0.29) is 12.6 Å². The molecule has 3 aromatic carbocycles. The molecule has 0 saturated carbocycles. The van der Waals surface area contributed by atoms with E-state index in [1.165, 1.54) is 20.9 Å². The van der Waals surface area contributed by atoms with Crippen LogP contribution < -0.4 is 4.74 Å². The molecule has 1 saturated heterocycles. The number of piperazine rings is 1. The Bertz CT molecular complexity index is 1150. The summed E-state index contributed by atoms with van der Waals surface area (Å²) in [4.78, 5) is 19.6. The van der Waals surface area contributed by atoms with Crippen LogP contribution in [-0.2, 0) is 16.0 Å². The average molecular weight is 509 g/mol. The third-order valence-corrected chi connectivity index (χ3v) is 8.00. The predicted molar refractivity (Wildman–Crippen MR) is 139 cm³/mol. The largest absolute Gasteiger partial charge is 0.482 e. The monoisotopic (exact) mass is 508 g/mol. The maximum Gasteiger partial charge on any atom is 0.344 e.